The van der Waals surface area contributed by atoms with E-state index < -0.39 is 0 Å². The van der Waals surface area contributed by atoms with E-state index in [4.69, 9.17) is 6.42 Å². The molecule has 2 aromatic rings. The van der Waals surface area contributed by atoms with Gasteiger partial charge in [0, 0.05) is 24.0 Å². The number of hydrogen-bond donors (Lipinski definition) is 1. The van der Waals surface area contributed by atoms with Crippen LogP contribution in [0.3, 0.4) is 0 Å². The predicted octanol–water partition coefficient (Wildman–Crippen LogP) is 3.32. The van der Waals surface area contributed by atoms with Crippen molar-refractivity contribution in [3.05, 3.63) is 36.0 Å². The van der Waals surface area contributed by atoms with E-state index in [9.17, 15) is 5.26 Å². The van der Waals surface area contributed by atoms with Crippen molar-refractivity contribution in [2.45, 2.75) is 25.8 Å². The van der Waals surface area contributed by atoms with E-state index >= 15 is 0 Å². The summed E-state index contributed by atoms with van der Waals surface area (Å²) in [7, 11) is 0. The van der Waals surface area contributed by atoms with Gasteiger partial charge in [0.1, 0.15) is 6.07 Å². The molecule has 3 heteroatoms. The van der Waals surface area contributed by atoms with Crippen molar-refractivity contribution in [1.82, 2.24) is 4.98 Å². The lowest BCUT2D eigenvalue weighted by molar-refractivity contribution is 0.716. The van der Waals surface area contributed by atoms with Gasteiger partial charge >= 0.3 is 0 Å². The lowest BCUT2D eigenvalue weighted by atomic mass is 10.1. The first-order valence-electron chi connectivity index (χ1n) is 6.28. The Morgan fingerprint density at radius 2 is 2.21 bits per heavy atom. The fourth-order valence-corrected chi connectivity index (χ4v) is 2.03. The van der Waals surface area contributed by atoms with Gasteiger partial charge in [0.15, 0.2) is 0 Å². The molecule has 0 aliphatic rings. The predicted molar refractivity (Wildman–Crippen MR) is 77.6 cm³/mol. The highest BCUT2D eigenvalue weighted by atomic mass is 14.9. The maximum absolute atomic E-state index is 9.22. The molecule has 0 aliphatic carbocycles. The summed E-state index contributed by atoms with van der Waals surface area (Å²) in [5.74, 6) is 2.66. The average molecular weight is 249 g/mol. The van der Waals surface area contributed by atoms with E-state index in [2.05, 4.69) is 29.2 Å². The molecule has 19 heavy (non-hydrogen) atoms. The first-order chi connectivity index (χ1) is 9.30. The fourth-order valence-electron chi connectivity index (χ4n) is 2.03. The third-order valence-corrected chi connectivity index (χ3v) is 3.10. The molecule has 3 nitrogen and oxygen atoms in total. The van der Waals surface area contributed by atoms with Crippen LogP contribution in [0.15, 0.2) is 30.5 Å². The molecule has 0 aliphatic heterocycles. The third-order valence-electron chi connectivity index (χ3n) is 3.10. The minimum atomic E-state index is 0.169. The van der Waals surface area contributed by atoms with Crippen LogP contribution in [0.5, 0.6) is 0 Å². The molecular formula is C16H15N3. The molecule has 0 saturated heterocycles. The molecule has 0 spiro atoms. The van der Waals surface area contributed by atoms with Gasteiger partial charge in [-0.25, -0.2) is 0 Å². The molecule has 1 atom stereocenters. The Hall–Kier alpha value is -2.52. The average Bonchev–Trinajstić information content (AvgIpc) is 2.46. The maximum atomic E-state index is 9.22. The molecule has 0 radical (unpaired) electrons. The SMILES string of the molecule is C#CCC(CC)Nc1c(C#N)cnc2ccccc12. The molecular weight excluding hydrogens is 234 g/mol. The first-order valence-corrected chi connectivity index (χ1v) is 6.28. The number of hydrogen-bond acceptors (Lipinski definition) is 3. The maximum Gasteiger partial charge on any atom is 0.103 e. The molecule has 1 N–H and O–H groups in total. The van der Waals surface area contributed by atoms with Crippen molar-refractivity contribution in [3.63, 3.8) is 0 Å². The normalized spacial score (nSPS) is 11.5. The van der Waals surface area contributed by atoms with Crippen LogP contribution in [0.4, 0.5) is 5.69 Å². The summed E-state index contributed by atoms with van der Waals surface area (Å²) in [5, 5.41) is 13.6. The van der Waals surface area contributed by atoms with Crippen LogP contribution in [0.25, 0.3) is 10.9 Å². The molecule has 0 saturated carbocycles. The fraction of sp³-hybridized carbons (Fsp3) is 0.250. The lowest BCUT2D eigenvalue weighted by Crippen LogP contribution is -2.18. The van der Waals surface area contributed by atoms with Gasteiger partial charge in [-0.05, 0) is 12.5 Å². The van der Waals surface area contributed by atoms with Crippen molar-refractivity contribution < 1.29 is 0 Å². The summed E-state index contributed by atoms with van der Waals surface area (Å²) in [6.07, 6.45) is 8.52. The Balaban J connectivity index is 2.51. The summed E-state index contributed by atoms with van der Waals surface area (Å²) >= 11 is 0. The van der Waals surface area contributed by atoms with Crippen LogP contribution in [-0.2, 0) is 0 Å². The number of terminal acetylenes is 1. The number of rotatable bonds is 4. The second-order valence-corrected chi connectivity index (χ2v) is 4.33. The summed E-state index contributed by atoms with van der Waals surface area (Å²) in [5.41, 5.74) is 2.25. The Morgan fingerprint density at radius 1 is 1.42 bits per heavy atom. The van der Waals surface area contributed by atoms with Crippen LogP contribution in [0.2, 0.25) is 0 Å². The minimum absolute atomic E-state index is 0.169. The number of pyridine rings is 1. The van der Waals surface area contributed by atoms with Gasteiger partial charge in [-0.1, -0.05) is 25.1 Å². The summed E-state index contributed by atoms with van der Waals surface area (Å²) in [6.45, 7) is 2.07. The van der Waals surface area contributed by atoms with Gasteiger partial charge in [0.05, 0.1) is 16.8 Å². The Morgan fingerprint density at radius 3 is 2.89 bits per heavy atom. The summed E-state index contributed by atoms with van der Waals surface area (Å²) in [4.78, 5) is 4.29. The number of para-hydroxylation sites is 1. The van der Waals surface area contributed by atoms with Gasteiger partial charge in [-0.3, -0.25) is 4.98 Å². The highest BCUT2D eigenvalue weighted by Crippen LogP contribution is 2.26. The van der Waals surface area contributed by atoms with Crippen LogP contribution in [-0.4, -0.2) is 11.0 Å². The minimum Gasteiger partial charge on any atom is -0.380 e. The zero-order valence-electron chi connectivity index (χ0n) is 10.9. The van der Waals surface area contributed by atoms with Crippen molar-refractivity contribution in [2.75, 3.05) is 5.32 Å². The smallest absolute Gasteiger partial charge is 0.103 e. The van der Waals surface area contributed by atoms with E-state index in [-0.39, 0.29) is 6.04 Å². The van der Waals surface area contributed by atoms with Crippen LogP contribution in [0.1, 0.15) is 25.3 Å². The summed E-state index contributed by atoms with van der Waals surface area (Å²) < 4.78 is 0. The van der Waals surface area contributed by atoms with Gasteiger partial charge < -0.3 is 5.32 Å². The van der Waals surface area contributed by atoms with Gasteiger partial charge in [0.25, 0.3) is 0 Å². The molecule has 0 amide bonds. The topological polar surface area (TPSA) is 48.7 Å². The molecule has 2 rings (SSSR count). The van der Waals surface area contributed by atoms with Gasteiger partial charge in [0.2, 0.25) is 0 Å². The van der Waals surface area contributed by atoms with E-state index in [1.165, 1.54) is 0 Å². The van der Waals surface area contributed by atoms with E-state index in [1.807, 2.05) is 24.3 Å². The number of fused-ring (bicyclic) bond motifs is 1. The van der Waals surface area contributed by atoms with Crippen LogP contribution < -0.4 is 5.32 Å². The van der Waals surface area contributed by atoms with Gasteiger partial charge in [-0.15, -0.1) is 12.3 Å². The van der Waals surface area contributed by atoms with Gasteiger partial charge in [-0.2, -0.15) is 5.26 Å². The zero-order chi connectivity index (χ0) is 13.7. The number of nitriles is 1. The number of nitrogens with one attached hydrogen (secondary N) is 1. The molecule has 0 fully saturated rings. The Kier molecular flexibility index (Phi) is 4.00. The molecule has 1 aromatic carbocycles. The molecule has 1 aromatic heterocycles. The van der Waals surface area contributed by atoms with Crippen LogP contribution >= 0.6 is 0 Å². The number of nitrogens with zero attached hydrogens (tertiary/aromatic N) is 2. The quantitative estimate of drug-likeness (QED) is 0.845. The van der Waals surface area contributed by atoms with Crippen molar-refractivity contribution >= 4 is 16.6 Å². The molecule has 1 unspecified atom stereocenters. The first kappa shape index (κ1) is 12.9. The third kappa shape index (κ3) is 2.67. The Bertz CT molecular complexity index is 662. The molecule has 0 bridgehead atoms. The number of aromatic nitrogens is 1. The van der Waals surface area contributed by atoms with Crippen LogP contribution in [0, 0.1) is 23.7 Å². The van der Waals surface area contributed by atoms with E-state index in [0.29, 0.717) is 12.0 Å². The molecule has 94 valence electrons. The second kappa shape index (κ2) is 5.89. The van der Waals surface area contributed by atoms with Crippen molar-refractivity contribution in [1.29, 1.82) is 5.26 Å². The number of anilines is 1. The van der Waals surface area contributed by atoms with E-state index in [0.717, 1.165) is 23.0 Å². The van der Waals surface area contributed by atoms with E-state index in [1.54, 1.807) is 6.20 Å². The highest BCUT2D eigenvalue weighted by molar-refractivity contribution is 5.93. The zero-order valence-corrected chi connectivity index (χ0v) is 10.9. The largest absolute Gasteiger partial charge is 0.380 e. The lowest BCUT2D eigenvalue weighted by Gasteiger charge is -2.18. The monoisotopic (exact) mass is 249 g/mol. The molecule has 1 heterocycles. The second-order valence-electron chi connectivity index (χ2n) is 4.33. The van der Waals surface area contributed by atoms with Crippen molar-refractivity contribution in [2.24, 2.45) is 0 Å². The highest BCUT2D eigenvalue weighted by Gasteiger charge is 2.12. The Labute approximate surface area is 113 Å². The standard InChI is InChI=1S/C16H15N3/c1-3-7-13(4-2)19-16-12(10-17)11-18-15-9-6-5-8-14(15)16/h1,5-6,8-9,11,13H,4,7H2,2H3,(H,18,19). The number of benzene rings is 1. The van der Waals surface area contributed by atoms with Crippen molar-refractivity contribution in [3.8, 4) is 18.4 Å². The summed E-state index contributed by atoms with van der Waals surface area (Å²) in [6, 6.07) is 10.1.